The normalized spacial score (nSPS) is 27.6. The molecule has 0 radical (unpaired) electrons. The lowest BCUT2D eigenvalue weighted by atomic mass is 9.72. The lowest BCUT2D eigenvalue weighted by molar-refractivity contribution is -0.125. The van der Waals surface area contributed by atoms with Gasteiger partial charge in [0, 0.05) is 24.8 Å². The average Bonchev–Trinajstić information content (AvgIpc) is 3.39. The fraction of sp³-hybridized carbons (Fsp3) is 0.939. The first kappa shape index (κ1) is 33.8. The fourth-order valence-electron chi connectivity index (χ4n) is 8.20. The van der Waals surface area contributed by atoms with Crippen molar-refractivity contribution in [3.63, 3.8) is 0 Å². The quantitative estimate of drug-likeness (QED) is 0.138. The van der Waals surface area contributed by atoms with Gasteiger partial charge >= 0.3 is 0 Å². The van der Waals surface area contributed by atoms with Crippen LogP contribution in [0.5, 0.6) is 0 Å². The van der Waals surface area contributed by atoms with E-state index in [1.54, 1.807) is 0 Å². The molecule has 242 valence electrons. The fourth-order valence-corrected chi connectivity index (χ4v) is 8.20. The smallest absolute Gasteiger partial charge is 0.232 e. The van der Waals surface area contributed by atoms with Crippen LogP contribution < -0.4 is 27.4 Å². The number of halogens is 1. The molecule has 0 bridgehead atoms. The molecule has 4 aliphatic rings. The number of piperidine rings is 2. The Labute approximate surface area is 255 Å². The molecule has 1 aliphatic carbocycles. The van der Waals surface area contributed by atoms with Crippen LogP contribution in [0, 0.1) is 23.2 Å². The van der Waals surface area contributed by atoms with Crippen LogP contribution in [0.3, 0.4) is 0 Å². The van der Waals surface area contributed by atoms with E-state index < -0.39 is 18.3 Å². The van der Waals surface area contributed by atoms with Crippen LogP contribution in [0.15, 0.2) is 4.99 Å². The van der Waals surface area contributed by atoms with Crippen molar-refractivity contribution in [2.24, 2.45) is 39.6 Å². The second-order valence-electron chi connectivity index (χ2n) is 14.0. The maximum atomic E-state index is 15.1. The van der Waals surface area contributed by atoms with Crippen LogP contribution >= 0.6 is 0 Å². The minimum Gasteiger partial charge on any atom is -0.350 e. The van der Waals surface area contributed by atoms with Crippen LogP contribution in [0.1, 0.15) is 104 Å². The molecule has 42 heavy (non-hydrogen) atoms. The van der Waals surface area contributed by atoms with Crippen LogP contribution in [0.25, 0.3) is 0 Å². The molecular weight excluding hydrogens is 529 g/mol. The van der Waals surface area contributed by atoms with E-state index >= 15 is 4.39 Å². The van der Waals surface area contributed by atoms with Gasteiger partial charge in [0.25, 0.3) is 0 Å². The van der Waals surface area contributed by atoms with Gasteiger partial charge in [-0.2, -0.15) is 0 Å². The van der Waals surface area contributed by atoms with Crippen molar-refractivity contribution in [1.82, 2.24) is 20.9 Å². The van der Waals surface area contributed by atoms with Gasteiger partial charge in [0.05, 0.1) is 18.8 Å². The van der Waals surface area contributed by atoms with Crippen LogP contribution in [-0.2, 0) is 4.79 Å². The number of rotatable bonds is 16. The first-order valence-electron chi connectivity index (χ1n) is 17.5. The molecule has 3 heterocycles. The molecule has 0 aromatic carbocycles. The Hall–Kier alpha value is -1.13. The number of amides is 1. The van der Waals surface area contributed by atoms with Gasteiger partial charge in [0.1, 0.15) is 12.1 Å². The van der Waals surface area contributed by atoms with Crippen molar-refractivity contribution in [2.45, 2.75) is 128 Å². The van der Waals surface area contributed by atoms with Gasteiger partial charge in [-0.3, -0.25) is 14.7 Å². The van der Waals surface area contributed by atoms with E-state index in [-0.39, 0.29) is 18.5 Å². The number of carbonyl (C=O) groups is 1. The molecule has 1 amide bonds. The topological polar surface area (TPSA) is 121 Å². The van der Waals surface area contributed by atoms with Crippen LogP contribution in [-0.4, -0.2) is 86.8 Å². The highest BCUT2D eigenvalue weighted by Crippen LogP contribution is 2.39. The summed E-state index contributed by atoms with van der Waals surface area (Å²) in [4.78, 5) is 21.0. The SMILES string of the molecule is CCCC(=NCC(F)CCCC(CCC)C1CCC1)C(C(=O)NC1CNCCC1N1CCC2(CCNC2)CC1)C(N)N. The Morgan fingerprint density at radius 3 is 2.45 bits per heavy atom. The van der Waals surface area contributed by atoms with Crippen molar-refractivity contribution in [2.75, 3.05) is 45.8 Å². The Balaban J connectivity index is 1.32. The summed E-state index contributed by atoms with van der Waals surface area (Å²) in [5, 5.41) is 10.4. The number of alkyl halides is 1. The number of nitrogens with one attached hydrogen (secondary N) is 3. The molecule has 1 saturated carbocycles. The van der Waals surface area contributed by atoms with Gasteiger partial charge < -0.3 is 27.4 Å². The molecule has 4 rings (SSSR count). The minimum absolute atomic E-state index is 0.00760. The van der Waals surface area contributed by atoms with E-state index in [0.29, 0.717) is 30.0 Å². The molecule has 4 fully saturated rings. The van der Waals surface area contributed by atoms with Crippen molar-refractivity contribution in [1.29, 1.82) is 0 Å². The number of hydrogen-bond acceptors (Lipinski definition) is 7. The highest BCUT2D eigenvalue weighted by molar-refractivity contribution is 6.05. The van der Waals surface area contributed by atoms with E-state index in [1.807, 2.05) is 0 Å². The molecule has 0 aromatic heterocycles. The third kappa shape index (κ3) is 9.19. The summed E-state index contributed by atoms with van der Waals surface area (Å²) in [6.07, 6.45) is 13.4. The summed E-state index contributed by atoms with van der Waals surface area (Å²) in [5.74, 6) is 0.712. The first-order valence-corrected chi connectivity index (χ1v) is 17.5. The Morgan fingerprint density at radius 2 is 1.83 bits per heavy atom. The van der Waals surface area contributed by atoms with E-state index in [2.05, 4.69) is 39.7 Å². The van der Waals surface area contributed by atoms with Crippen molar-refractivity contribution in [3.05, 3.63) is 0 Å². The first-order chi connectivity index (χ1) is 20.4. The highest BCUT2D eigenvalue weighted by Gasteiger charge is 2.41. The largest absolute Gasteiger partial charge is 0.350 e. The summed E-state index contributed by atoms with van der Waals surface area (Å²) in [7, 11) is 0. The number of nitrogens with zero attached hydrogens (tertiary/aromatic N) is 2. The molecule has 7 N–H and O–H groups in total. The number of aliphatic imine (C=N–C) groups is 1. The van der Waals surface area contributed by atoms with Gasteiger partial charge in [-0.15, -0.1) is 0 Å². The molecule has 5 unspecified atom stereocenters. The average molecular weight is 592 g/mol. The van der Waals surface area contributed by atoms with Gasteiger partial charge in [0.15, 0.2) is 0 Å². The van der Waals surface area contributed by atoms with Gasteiger partial charge in [0.2, 0.25) is 5.91 Å². The molecule has 1 spiro atoms. The molecule has 9 heteroatoms. The van der Waals surface area contributed by atoms with E-state index in [1.165, 1.54) is 51.4 Å². The standard InChI is InChI=1S/C33H62FN7O/c1-3-7-24(25-9-5-10-25)11-6-12-26(34)21-39-27(8-4-2)30(31(35)36)32(42)40-28-22-37-17-13-29(28)41-19-15-33(16-20-41)14-18-38-23-33/h24-26,28-31,37-38H,3-23,35-36H2,1-2H3,(H,40,42). The second-order valence-corrected chi connectivity index (χ2v) is 14.0. The minimum atomic E-state index is -0.998. The molecule has 8 nitrogen and oxygen atoms in total. The predicted octanol–water partition coefficient (Wildman–Crippen LogP) is 3.73. The van der Waals surface area contributed by atoms with Gasteiger partial charge in [-0.25, -0.2) is 4.39 Å². The lowest BCUT2D eigenvalue weighted by Gasteiger charge is -2.46. The summed E-state index contributed by atoms with van der Waals surface area (Å²) in [6.45, 7) is 10.5. The maximum absolute atomic E-state index is 15.1. The van der Waals surface area contributed by atoms with Crippen molar-refractivity contribution in [3.8, 4) is 0 Å². The van der Waals surface area contributed by atoms with Crippen LogP contribution in [0.2, 0.25) is 0 Å². The number of likely N-dealkylation sites (tertiary alicyclic amines) is 1. The number of hydrogen-bond donors (Lipinski definition) is 5. The number of carbonyl (C=O) groups excluding carboxylic acids is 1. The van der Waals surface area contributed by atoms with Crippen LogP contribution in [0.4, 0.5) is 4.39 Å². The zero-order chi connectivity index (χ0) is 30.0. The second kappa shape index (κ2) is 16.8. The number of nitrogens with two attached hydrogens (primary N) is 2. The van der Waals surface area contributed by atoms with Crippen molar-refractivity contribution < 1.29 is 9.18 Å². The summed E-state index contributed by atoms with van der Waals surface area (Å²) >= 11 is 0. The predicted molar refractivity (Wildman–Crippen MR) is 171 cm³/mol. The molecule has 5 atom stereocenters. The monoisotopic (exact) mass is 591 g/mol. The molecule has 3 saturated heterocycles. The Bertz CT molecular complexity index is 834. The van der Waals surface area contributed by atoms with Gasteiger partial charge in [-0.05, 0) is 82.0 Å². The lowest BCUT2D eigenvalue weighted by Crippen LogP contribution is -2.63. The van der Waals surface area contributed by atoms with E-state index in [0.717, 1.165) is 76.8 Å². The zero-order valence-electron chi connectivity index (χ0n) is 26.7. The molecular formula is C33H62FN7O. The Kier molecular flexibility index (Phi) is 13.5. The highest BCUT2D eigenvalue weighted by atomic mass is 19.1. The molecule has 0 aromatic rings. The van der Waals surface area contributed by atoms with Gasteiger partial charge in [-0.1, -0.05) is 65.2 Å². The molecule has 3 aliphatic heterocycles. The third-order valence-corrected chi connectivity index (χ3v) is 11.0. The third-order valence-electron chi connectivity index (χ3n) is 11.0. The maximum Gasteiger partial charge on any atom is 0.232 e. The van der Waals surface area contributed by atoms with E-state index in [4.69, 9.17) is 11.5 Å². The summed E-state index contributed by atoms with van der Waals surface area (Å²) < 4.78 is 15.1. The Morgan fingerprint density at radius 1 is 1.05 bits per heavy atom. The zero-order valence-corrected chi connectivity index (χ0v) is 26.7. The summed E-state index contributed by atoms with van der Waals surface area (Å²) in [6, 6.07) is 0.293. The van der Waals surface area contributed by atoms with E-state index in [9.17, 15) is 4.79 Å². The summed E-state index contributed by atoms with van der Waals surface area (Å²) in [5.41, 5.74) is 13.6. The van der Waals surface area contributed by atoms with Crippen molar-refractivity contribution >= 4 is 11.6 Å².